The van der Waals surface area contributed by atoms with E-state index in [0.717, 1.165) is 4.47 Å². The number of ether oxygens (including phenoxy) is 3. The van der Waals surface area contributed by atoms with Gasteiger partial charge in [0.05, 0.1) is 10.5 Å². The predicted molar refractivity (Wildman–Crippen MR) is 87.3 cm³/mol. The molecule has 8 heteroatoms. The van der Waals surface area contributed by atoms with Crippen LogP contribution in [0.4, 0.5) is 5.69 Å². The lowest BCUT2D eigenvalue weighted by atomic mass is 10.2. The summed E-state index contributed by atoms with van der Waals surface area (Å²) in [5.41, 5.74) is 0.667. The van der Waals surface area contributed by atoms with Crippen LogP contribution < -0.4 is 9.47 Å². The van der Waals surface area contributed by atoms with E-state index in [0.29, 0.717) is 30.3 Å². The van der Waals surface area contributed by atoms with E-state index in [1.807, 2.05) is 0 Å². The molecule has 2 aromatic carbocycles. The Balaban J connectivity index is 1.72. The molecule has 1 aliphatic heterocycles. The topological polar surface area (TPSA) is 87.9 Å². The number of carbonyl (C=O) groups is 1. The van der Waals surface area contributed by atoms with E-state index in [1.54, 1.807) is 12.1 Å². The van der Waals surface area contributed by atoms with E-state index in [9.17, 15) is 14.9 Å². The van der Waals surface area contributed by atoms with Crippen LogP contribution in [0.15, 0.2) is 40.9 Å². The second kappa shape index (κ2) is 6.88. The third kappa shape index (κ3) is 3.48. The van der Waals surface area contributed by atoms with Gasteiger partial charge in [0.2, 0.25) is 0 Å². The van der Waals surface area contributed by atoms with E-state index in [-0.39, 0.29) is 17.9 Å². The van der Waals surface area contributed by atoms with Crippen LogP contribution in [0.2, 0.25) is 0 Å². The summed E-state index contributed by atoms with van der Waals surface area (Å²) in [4.78, 5) is 22.3. The van der Waals surface area contributed by atoms with Crippen molar-refractivity contribution in [2.45, 2.75) is 6.61 Å². The minimum Gasteiger partial charge on any atom is -0.486 e. The van der Waals surface area contributed by atoms with Gasteiger partial charge >= 0.3 is 5.97 Å². The molecule has 2 aromatic rings. The molecule has 0 fully saturated rings. The minimum absolute atomic E-state index is 0.00124. The summed E-state index contributed by atoms with van der Waals surface area (Å²) < 4.78 is 16.9. The Hall–Kier alpha value is -2.61. The molecule has 3 rings (SSSR count). The lowest BCUT2D eigenvalue weighted by Gasteiger charge is -2.19. The summed E-state index contributed by atoms with van der Waals surface area (Å²) in [5.74, 6) is 0.577. The molecular weight excluding hydrogens is 382 g/mol. The number of nitro benzene ring substituents is 1. The largest absolute Gasteiger partial charge is 0.486 e. The van der Waals surface area contributed by atoms with Crippen LogP contribution in [0.1, 0.15) is 15.9 Å². The Kier molecular flexibility index (Phi) is 4.66. The zero-order chi connectivity index (χ0) is 17.1. The van der Waals surface area contributed by atoms with E-state index in [1.165, 1.54) is 24.3 Å². The highest BCUT2D eigenvalue weighted by Crippen LogP contribution is 2.35. The van der Waals surface area contributed by atoms with Crippen LogP contribution in [0, 0.1) is 10.1 Å². The highest BCUT2D eigenvalue weighted by molar-refractivity contribution is 9.10. The summed E-state index contributed by atoms with van der Waals surface area (Å²) >= 11 is 3.40. The fraction of sp³-hybridized carbons (Fsp3) is 0.188. The molecule has 0 amide bonds. The van der Waals surface area contributed by atoms with Crippen LogP contribution in [-0.4, -0.2) is 24.1 Å². The van der Waals surface area contributed by atoms with Gasteiger partial charge in [-0.15, -0.1) is 0 Å². The minimum atomic E-state index is -0.638. The number of hydrogen-bond donors (Lipinski definition) is 0. The first kappa shape index (κ1) is 16.3. The number of fused-ring (bicyclic) bond motifs is 1. The highest BCUT2D eigenvalue weighted by atomic mass is 79.9. The monoisotopic (exact) mass is 393 g/mol. The second-order valence-corrected chi connectivity index (χ2v) is 5.83. The normalized spacial score (nSPS) is 12.5. The van der Waals surface area contributed by atoms with Gasteiger partial charge in [-0.05, 0) is 18.2 Å². The third-order valence-corrected chi connectivity index (χ3v) is 4.10. The molecule has 0 saturated carbocycles. The summed E-state index contributed by atoms with van der Waals surface area (Å²) in [6.45, 7) is 0.945. The standard InChI is InChI=1S/C16H12BrNO6/c17-13-8-15-14(22-4-5-23-15)7-11(13)9-24-16(19)10-2-1-3-12(6-10)18(20)21/h1-3,6-8H,4-5,9H2. The first-order valence-electron chi connectivity index (χ1n) is 7.04. The van der Waals surface area contributed by atoms with Crippen LogP contribution >= 0.6 is 15.9 Å². The Morgan fingerprint density at radius 1 is 1.21 bits per heavy atom. The summed E-state index contributed by atoms with van der Waals surface area (Å²) in [6.07, 6.45) is 0. The summed E-state index contributed by atoms with van der Waals surface area (Å²) in [5, 5.41) is 10.8. The molecule has 0 unspecified atom stereocenters. The molecule has 0 radical (unpaired) electrons. The van der Waals surface area contributed by atoms with E-state index >= 15 is 0 Å². The number of nitro groups is 1. The molecule has 0 N–H and O–H groups in total. The zero-order valence-corrected chi connectivity index (χ0v) is 13.9. The fourth-order valence-corrected chi connectivity index (χ4v) is 2.63. The Morgan fingerprint density at radius 2 is 1.92 bits per heavy atom. The van der Waals surface area contributed by atoms with Crippen molar-refractivity contribution in [1.82, 2.24) is 0 Å². The molecule has 24 heavy (non-hydrogen) atoms. The maximum absolute atomic E-state index is 12.1. The Morgan fingerprint density at radius 3 is 2.62 bits per heavy atom. The SMILES string of the molecule is O=C(OCc1cc2c(cc1Br)OCCO2)c1cccc([N+](=O)[O-])c1. The van der Waals surface area contributed by atoms with Crippen LogP contribution in [-0.2, 0) is 11.3 Å². The third-order valence-electron chi connectivity index (χ3n) is 3.36. The molecule has 0 spiro atoms. The van der Waals surface area contributed by atoms with Crippen molar-refractivity contribution in [1.29, 1.82) is 0 Å². The van der Waals surface area contributed by atoms with Gasteiger partial charge in [-0.2, -0.15) is 0 Å². The lowest BCUT2D eigenvalue weighted by molar-refractivity contribution is -0.384. The number of halogens is 1. The molecule has 0 atom stereocenters. The number of esters is 1. The van der Waals surface area contributed by atoms with Crippen molar-refractivity contribution < 1.29 is 23.9 Å². The van der Waals surface area contributed by atoms with Gasteiger partial charge in [0.25, 0.3) is 5.69 Å². The number of rotatable bonds is 4. The van der Waals surface area contributed by atoms with Crippen molar-refractivity contribution in [2.24, 2.45) is 0 Å². The molecule has 0 bridgehead atoms. The van der Waals surface area contributed by atoms with Gasteiger partial charge in [-0.1, -0.05) is 22.0 Å². The van der Waals surface area contributed by atoms with E-state index in [4.69, 9.17) is 14.2 Å². The Labute approximate surface area is 145 Å². The van der Waals surface area contributed by atoms with Crippen LogP contribution in [0.5, 0.6) is 11.5 Å². The van der Waals surface area contributed by atoms with E-state index in [2.05, 4.69) is 15.9 Å². The predicted octanol–water partition coefficient (Wildman–Crippen LogP) is 3.49. The molecule has 0 saturated heterocycles. The quantitative estimate of drug-likeness (QED) is 0.448. The maximum Gasteiger partial charge on any atom is 0.338 e. The summed E-state index contributed by atoms with van der Waals surface area (Å²) in [6, 6.07) is 8.89. The van der Waals surface area contributed by atoms with E-state index < -0.39 is 10.9 Å². The number of non-ortho nitro benzene ring substituents is 1. The average Bonchev–Trinajstić information content (AvgIpc) is 2.59. The molecule has 0 aliphatic carbocycles. The number of nitrogens with zero attached hydrogens (tertiary/aromatic N) is 1. The van der Waals surface area contributed by atoms with Crippen molar-refractivity contribution in [2.75, 3.05) is 13.2 Å². The molecule has 1 aliphatic rings. The smallest absolute Gasteiger partial charge is 0.338 e. The van der Waals surface area contributed by atoms with Crippen molar-refractivity contribution in [3.8, 4) is 11.5 Å². The maximum atomic E-state index is 12.1. The first-order valence-corrected chi connectivity index (χ1v) is 7.83. The van der Waals surface area contributed by atoms with Crippen molar-refractivity contribution in [3.05, 3.63) is 62.1 Å². The number of hydrogen-bond acceptors (Lipinski definition) is 6. The summed E-state index contributed by atoms with van der Waals surface area (Å²) in [7, 11) is 0. The molecule has 1 heterocycles. The molecule has 124 valence electrons. The molecule has 7 nitrogen and oxygen atoms in total. The lowest BCUT2D eigenvalue weighted by Crippen LogP contribution is -2.15. The molecule has 0 aromatic heterocycles. The second-order valence-electron chi connectivity index (χ2n) is 4.97. The van der Waals surface area contributed by atoms with Gasteiger partial charge in [-0.3, -0.25) is 10.1 Å². The average molecular weight is 394 g/mol. The highest BCUT2D eigenvalue weighted by Gasteiger charge is 2.17. The van der Waals surface area contributed by atoms with Gasteiger partial charge in [0, 0.05) is 22.2 Å². The number of carbonyl (C=O) groups excluding carboxylic acids is 1. The van der Waals surface area contributed by atoms with Crippen LogP contribution in [0.3, 0.4) is 0 Å². The zero-order valence-electron chi connectivity index (χ0n) is 12.4. The van der Waals surface area contributed by atoms with Gasteiger partial charge in [0.15, 0.2) is 11.5 Å². The van der Waals surface area contributed by atoms with Crippen molar-refractivity contribution in [3.63, 3.8) is 0 Å². The van der Waals surface area contributed by atoms with Gasteiger partial charge < -0.3 is 14.2 Å². The van der Waals surface area contributed by atoms with Gasteiger partial charge in [0.1, 0.15) is 19.8 Å². The van der Waals surface area contributed by atoms with Crippen LogP contribution in [0.25, 0.3) is 0 Å². The van der Waals surface area contributed by atoms with Gasteiger partial charge in [-0.25, -0.2) is 4.79 Å². The molecular formula is C16H12BrNO6. The Bertz CT molecular complexity index is 807. The first-order chi connectivity index (χ1) is 11.5. The number of benzene rings is 2. The fourth-order valence-electron chi connectivity index (χ4n) is 2.19. The van der Waals surface area contributed by atoms with Crippen molar-refractivity contribution >= 4 is 27.6 Å².